The zero-order valence-electron chi connectivity index (χ0n) is 11.3. The van der Waals surface area contributed by atoms with Crippen LogP contribution in [0.4, 0.5) is 10.1 Å². The normalized spacial score (nSPS) is 12.4. The molecule has 0 heterocycles. The van der Waals surface area contributed by atoms with Gasteiger partial charge in [-0.15, -0.1) is 0 Å². The Morgan fingerprint density at radius 1 is 1.45 bits per heavy atom. The molecule has 1 aromatic rings. The molecule has 7 nitrogen and oxygen atoms in total. The minimum atomic E-state index is -4.06. The van der Waals surface area contributed by atoms with E-state index in [1.165, 1.54) is 6.92 Å². The molecule has 0 aliphatic carbocycles. The zero-order chi connectivity index (χ0) is 15.7. The summed E-state index contributed by atoms with van der Waals surface area (Å²) in [5.74, 6) is -0.952. The third kappa shape index (κ3) is 3.95. The van der Waals surface area contributed by atoms with Gasteiger partial charge in [-0.1, -0.05) is 0 Å². The first-order valence-electron chi connectivity index (χ1n) is 5.67. The number of hydrogen-bond acceptors (Lipinski definition) is 5. The largest absolute Gasteiger partial charge is 0.324 e. The lowest BCUT2D eigenvalue weighted by Crippen LogP contribution is -2.45. The molecular formula is C11H16FN3O4S. The van der Waals surface area contributed by atoms with Crippen LogP contribution in [0.1, 0.15) is 19.4 Å². The maximum absolute atomic E-state index is 13.6. The van der Waals surface area contributed by atoms with E-state index in [2.05, 4.69) is 4.72 Å². The van der Waals surface area contributed by atoms with E-state index in [0.29, 0.717) is 0 Å². The summed E-state index contributed by atoms with van der Waals surface area (Å²) in [6, 6.07) is 1.57. The number of halogens is 1. The molecule has 0 atom stereocenters. The van der Waals surface area contributed by atoms with E-state index in [9.17, 15) is 22.9 Å². The summed E-state index contributed by atoms with van der Waals surface area (Å²) in [6.07, 6.45) is 0. The number of hydrogen-bond donors (Lipinski definition) is 2. The minimum Gasteiger partial charge on any atom is -0.324 e. The van der Waals surface area contributed by atoms with Gasteiger partial charge in [-0.25, -0.2) is 17.5 Å². The van der Waals surface area contributed by atoms with Crippen molar-refractivity contribution < 1.29 is 17.7 Å². The van der Waals surface area contributed by atoms with Gasteiger partial charge in [0.2, 0.25) is 10.0 Å². The molecule has 0 radical (unpaired) electrons. The highest BCUT2D eigenvalue weighted by molar-refractivity contribution is 7.89. The minimum absolute atomic E-state index is 0.0847. The molecule has 1 rings (SSSR count). The van der Waals surface area contributed by atoms with Gasteiger partial charge in [-0.2, -0.15) is 0 Å². The Hall–Kier alpha value is -1.58. The van der Waals surface area contributed by atoms with Crippen molar-refractivity contribution in [1.82, 2.24) is 4.72 Å². The van der Waals surface area contributed by atoms with Gasteiger partial charge in [0.05, 0.1) is 15.4 Å². The van der Waals surface area contributed by atoms with Crippen molar-refractivity contribution in [2.75, 3.05) is 6.54 Å². The summed E-state index contributed by atoms with van der Waals surface area (Å²) in [7, 11) is -4.06. The van der Waals surface area contributed by atoms with Gasteiger partial charge >= 0.3 is 0 Å². The molecule has 0 saturated heterocycles. The molecule has 0 aromatic heterocycles. The molecule has 0 bridgehead atoms. The summed E-state index contributed by atoms with van der Waals surface area (Å²) in [5, 5.41) is 10.8. The average Bonchev–Trinajstić information content (AvgIpc) is 2.28. The average molecular weight is 305 g/mol. The van der Waals surface area contributed by atoms with Crippen LogP contribution in [0.25, 0.3) is 0 Å². The molecule has 20 heavy (non-hydrogen) atoms. The van der Waals surface area contributed by atoms with Crippen molar-refractivity contribution in [3.63, 3.8) is 0 Å². The molecule has 0 spiro atoms. The van der Waals surface area contributed by atoms with Gasteiger partial charge in [0.15, 0.2) is 0 Å². The molecule has 1 aromatic carbocycles. The van der Waals surface area contributed by atoms with E-state index in [4.69, 9.17) is 5.73 Å². The predicted molar refractivity (Wildman–Crippen MR) is 71.2 cm³/mol. The second kappa shape index (κ2) is 5.43. The number of rotatable bonds is 5. The number of nitro groups is 1. The molecule has 112 valence electrons. The van der Waals surface area contributed by atoms with Crippen LogP contribution in [0.15, 0.2) is 17.0 Å². The number of benzene rings is 1. The van der Waals surface area contributed by atoms with E-state index in [0.717, 1.165) is 12.1 Å². The molecule has 0 fully saturated rings. The van der Waals surface area contributed by atoms with E-state index in [-0.39, 0.29) is 12.1 Å². The molecule has 0 amide bonds. The summed E-state index contributed by atoms with van der Waals surface area (Å²) in [4.78, 5) is 9.44. The van der Waals surface area contributed by atoms with Crippen LogP contribution >= 0.6 is 0 Å². The highest BCUT2D eigenvalue weighted by atomic mass is 32.2. The lowest BCUT2D eigenvalue weighted by atomic mass is 10.1. The number of nitrogens with one attached hydrogen (secondary N) is 1. The Labute approximate surface area is 116 Å². The van der Waals surface area contributed by atoms with E-state index >= 15 is 0 Å². The molecule has 9 heteroatoms. The Balaban J connectivity index is 3.23. The van der Waals surface area contributed by atoms with Crippen LogP contribution in [0.2, 0.25) is 0 Å². The molecule has 0 unspecified atom stereocenters. The number of nitrogens with zero attached hydrogens (tertiary/aromatic N) is 1. The van der Waals surface area contributed by atoms with Gasteiger partial charge in [0, 0.05) is 18.2 Å². The molecule has 0 aliphatic rings. The summed E-state index contributed by atoms with van der Waals surface area (Å²) < 4.78 is 39.7. The van der Waals surface area contributed by atoms with Crippen molar-refractivity contribution in [2.24, 2.45) is 5.73 Å². The topological polar surface area (TPSA) is 115 Å². The SMILES string of the molecule is Cc1c(F)cc(S(=O)(=O)NCC(C)(C)N)cc1[N+](=O)[O-]. The van der Waals surface area contributed by atoms with Gasteiger partial charge < -0.3 is 5.73 Å². The fourth-order valence-corrected chi connectivity index (χ4v) is 2.60. The van der Waals surface area contributed by atoms with Crippen molar-refractivity contribution in [1.29, 1.82) is 0 Å². The maximum atomic E-state index is 13.6. The van der Waals surface area contributed by atoms with Gasteiger partial charge in [-0.05, 0) is 26.8 Å². The predicted octanol–water partition coefficient (Wildman–Crippen LogP) is 1.06. The fourth-order valence-electron chi connectivity index (χ4n) is 1.35. The number of nitro benzene ring substituents is 1. The van der Waals surface area contributed by atoms with Gasteiger partial charge in [0.1, 0.15) is 5.82 Å². The van der Waals surface area contributed by atoms with Crippen LogP contribution in [-0.2, 0) is 10.0 Å². The number of sulfonamides is 1. The fraction of sp³-hybridized carbons (Fsp3) is 0.455. The lowest BCUT2D eigenvalue weighted by molar-refractivity contribution is -0.385. The molecule has 3 N–H and O–H groups in total. The summed E-state index contributed by atoms with van der Waals surface area (Å²) in [5.41, 5.74) is 4.04. The Bertz CT molecular complexity index is 638. The van der Waals surface area contributed by atoms with Gasteiger partial charge in [0.25, 0.3) is 5.69 Å². The van der Waals surface area contributed by atoms with Crippen LogP contribution in [0.5, 0.6) is 0 Å². The second-order valence-corrected chi connectivity index (χ2v) is 6.89. The van der Waals surface area contributed by atoms with Crippen molar-refractivity contribution in [2.45, 2.75) is 31.2 Å². The Morgan fingerprint density at radius 2 is 2.00 bits per heavy atom. The number of nitrogens with two attached hydrogens (primary N) is 1. The monoisotopic (exact) mass is 305 g/mol. The molecule has 0 saturated carbocycles. The van der Waals surface area contributed by atoms with Crippen LogP contribution in [-0.4, -0.2) is 25.4 Å². The Kier molecular flexibility index (Phi) is 4.47. The standard InChI is InChI=1S/C11H16FN3O4S/c1-7-9(12)4-8(5-10(7)15(16)17)20(18,19)14-6-11(2,3)13/h4-5,14H,6,13H2,1-3H3. The smallest absolute Gasteiger partial charge is 0.276 e. The highest BCUT2D eigenvalue weighted by Crippen LogP contribution is 2.25. The first kappa shape index (κ1) is 16.5. The van der Waals surface area contributed by atoms with Crippen molar-refractivity contribution in [3.8, 4) is 0 Å². The zero-order valence-corrected chi connectivity index (χ0v) is 12.1. The molecular weight excluding hydrogens is 289 g/mol. The third-order valence-corrected chi connectivity index (χ3v) is 3.90. The van der Waals surface area contributed by atoms with Crippen LogP contribution in [0, 0.1) is 22.9 Å². The van der Waals surface area contributed by atoms with E-state index in [1.54, 1.807) is 13.8 Å². The van der Waals surface area contributed by atoms with Crippen molar-refractivity contribution in [3.05, 3.63) is 33.6 Å². The van der Waals surface area contributed by atoms with Gasteiger partial charge in [-0.3, -0.25) is 10.1 Å². The molecule has 0 aliphatic heterocycles. The maximum Gasteiger partial charge on any atom is 0.276 e. The van der Waals surface area contributed by atoms with Crippen molar-refractivity contribution >= 4 is 15.7 Å². The first-order valence-corrected chi connectivity index (χ1v) is 7.15. The lowest BCUT2D eigenvalue weighted by Gasteiger charge is -2.19. The van der Waals surface area contributed by atoms with Crippen LogP contribution < -0.4 is 10.5 Å². The first-order chi connectivity index (χ1) is 8.94. The quantitative estimate of drug-likeness (QED) is 0.623. The second-order valence-electron chi connectivity index (χ2n) is 5.12. The summed E-state index contributed by atoms with van der Waals surface area (Å²) >= 11 is 0. The van der Waals surface area contributed by atoms with E-state index in [1.807, 2.05) is 0 Å². The Morgan fingerprint density at radius 3 is 2.45 bits per heavy atom. The van der Waals surface area contributed by atoms with Crippen LogP contribution in [0.3, 0.4) is 0 Å². The highest BCUT2D eigenvalue weighted by Gasteiger charge is 2.24. The third-order valence-electron chi connectivity index (χ3n) is 2.52. The van der Waals surface area contributed by atoms with E-state index < -0.39 is 36.9 Å². The summed E-state index contributed by atoms with van der Waals surface area (Å²) in [6.45, 7) is 4.33.